The Morgan fingerprint density at radius 3 is 2.63 bits per heavy atom. The Kier molecular flexibility index (Phi) is 6.98. The summed E-state index contributed by atoms with van der Waals surface area (Å²) in [6.45, 7) is 1.30. The molecule has 2 aromatic rings. The standard InChI is InChI=1S/C14H16N4O6S3/c1-8(19)15-10-6-9(4-5-11(10)23-2)27(21,22)18-13-16-17-14(26-13)25-7-12(20)24-3/h4-6H,7H2,1-3H3,(H,15,19)(H,16,18). The maximum atomic E-state index is 12.6. The molecule has 0 spiro atoms. The third kappa shape index (κ3) is 5.80. The average Bonchev–Trinajstić information content (AvgIpc) is 3.05. The van der Waals surface area contributed by atoms with Crippen LogP contribution in [-0.2, 0) is 24.3 Å². The van der Waals surface area contributed by atoms with Crippen LogP contribution in [0.3, 0.4) is 0 Å². The number of carbonyl (C=O) groups excluding carboxylic acids is 2. The van der Waals surface area contributed by atoms with E-state index in [2.05, 4.69) is 25.0 Å². The first-order valence-corrected chi connectivity index (χ1v) is 10.5. The summed E-state index contributed by atoms with van der Waals surface area (Å²) in [5, 5.41) is 10.1. The van der Waals surface area contributed by atoms with Crippen LogP contribution in [0.4, 0.5) is 10.8 Å². The third-order valence-electron chi connectivity index (χ3n) is 2.96. The highest BCUT2D eigenvalue weighted by atomic mass is 32.2. The normalized spacial score (nSPS) is 10.9. The number of hydrogen-bond donors (Lipinski definition) is 2. The summed E-state index contributed by atoms with van der Waals surface area (Å²) in [6.07, 6.45) is 0. The number of aromatic nitrogens is 2. The number of esters is 1. The predicted octanol–water partition coefficient (Wildman–Crippen LogP) is 1.57. The van der Waals surface area contributed by atoms with Crippen molar-refractivity contribution < 1.29 is 27.5 Å². The molecule has 0 radical (unpaired) electrons. The van der Waals surface area contributed by atoms with E-state index in [0.717, 1.165) is 23.1 Å². The van der Waals surface area contributed by atoms with Gasteiger partial charge < -0.3 is 14.8 Å². The van der Waals surface area contributed by atoms with Crippen molar-refractivity contribution in [2.75, 3.05) is 30.0 Å². The molecule has 0 saturated carbocycles. The SMILES string of the molecule is COC(=O)CSc1nnc(NS(=O)(=O)c2ccc(OC)c(NC(C)=O)c2)s1. The van der Waals surface area contributed by atoms with Crippen LogP contribution < -0.4 is 14.8 Å². The van der Waals surface area contributed by atoms with E-state index in [1.165, 1.54) is 39.3 Å². The second-order valence-corrected chi connectivity index (χ2v) is 8.77. The number of thioether (sulfide) groups is 1. The van der Waals surface area contributed by atoms with Crippen LogP contribution in [0.5, 0.6) is 5.75 Å². The molecule has 0 unspecified atom stereocenters. The maximum Gasteiger partial charge on any atom is 0.316 e. The lowest BCUT2D eigenvalue weighted by Gasteiger charge is -2.11. The molecule has 1 aromatic carbocycles. The molecule has 0 fully saturated rings. The zero-order valence-corrected chi connectivity index (χ0v) is 17.0. The van der Waals surface area contributed by atoms with Gasteiger partial charge in [0.15, 0.2) is 4.34 Å². The summed E-state index contributed by atoms with van der Waals surface area (Å²) < 4.78 is 37.4. The zero-order chi connectivity index (χ0) is 20.0. The lowest BCUT2D eigenvalue weighted by molar-refractivity contribution is -0.137. The van der Waals surface area contributed by atoms with Gasteiger partial charge in [-0.2, -0.15) is 0 Å². The molecule has 10 nitrogen and oxygen atoms in total. The minimum atomic E-state index is -3.97. The third-order valence-corrected chi connectivity index (χ3v) is 6.37. The van der Waals surface area contributed by atoms with E-state index < -0.39 is 16.0 Å². The van der Waals surface area contributed by atoms with Crippen LogP contribution >= 0.6 is 23.1 Å². The first kappa shape index (κ1) is 20.9. The van der Waals surface area contributed by atoms with E-state index in [-0.39, 0.29) is 27.4 Å². The number of carbonyl (C=O) groups is 2. The number of benzene rings is 1. The van der Waals surface area contributed by atoms with Crippen LogP contribution in [0, 0.1) is 0 Å². The van der Waals surface area contributed by atoms with Gasteiger partial charge in [-0.25, -0.2) is 8.42 Å². The van der Waals surface area contributed by atoms with Crippen LogP contribution in [0.25, 0.3) is 0 Å². The summed E-state index contributed by atoms with van der Waals surface area (Å²) in [7, 11) is -1.29. The van der Waals surface area contributed by atoms with Gasteiger partial charge in [-0.15, -0.1) is 10.2 Å². The van der Waals surface area contributed by atoms with Crippen molar-refractivity contribution in [3.63, 3.8) is 0 Å². The largest absolute Gasteiger partial charge is 0.495 e. The van der Waals surface area contributed by atoms with E-state index in [9.17, 15) is 18.0 Å². The smallest absolute Gasteiger partial charge is 0.316 e. The molecular weight excluding hydrogens is 416 g/mol. The minimum Gasteiger partial charge on any atom is -0.495 e. The first-order chi connectivity index (χ1) is 12.7. The fourth-order valence-corrected chi connectivity index (χ4v) is 4.64. The van der Waals surface area contributed by atoms with E-state index in [0.29, 0.717) is 10.1 Å². The van der Waals surface area contributed by atoms with Crippen molar-refractivity contribution in [1.82, 2.24) is 10.2 Å². The average molecular weight is 433 g/mol. The van der Waals surface area contributed by atoms with Crippen molar-refractivity contribution in [3.05, 3.63) is 18.2 Å². The summed E-state index contributed by atoms with van der Waals surface area (Å²) in [5.74, 6) is -0.439. The van der Waals surface area contributed by atoms with Crippen molar-refractivity contribution in [2.45, 2.75) is 16.2 Å². The van der Waals surface area contributed by atoms with Gasteiger partial charge in [-0.3, -0.25) is 14.3 Å². The predicted molar refractivity (Wildman–Crippen MR) is 101 cm³/mol. The second kappa shape index (κ2) is 9.01. The maximum absolute atomic E-state index is 12.6. The van der Waals surface area contributed by atoms with Gasteiger partial charge in [0, 0.05) is 6.92 Å². The molecule has 1 aromatic heterocycles. The monoisotopic (exact) mass is 432 g/mol. The number of rotatable bonds is 8. The molecule has 2 N–H and O–H groups in total. The highest BCUT2D eigenvalue weighted by Crippen LogP contribution is 2.30. The quantitative estimate of drug-likeness (QED) is 0.470. The molecule has 13 heteroatoms. The number of amides is 1. The summed E-state index contributed by atoms with van der Waals surface area (Å²) in [4.78, 5) is 22.3. The molecule has 0 aliphatic carbocycles. The van der Waals surface area contributed by atoms with E-state index in [1.807, 2.05) is 0 Å². The van der Waals surface area contributed by atoms with Gasteiger partial charge in [0.2, 0.25) is 11.0 Å². The Morgan fingerprint density at radius 1 is 1.26 bits per heavy atom. The number of nitrogens with one attached hydrogen (secondary N) is 2. The fraction of sp³-hybridized carbons (Fsp3) is 0.286. The molecular formula is C14H16N4O6S3. The summed E-state index contributed by atoms with van der Waals surface area (Å²) in [6, 6.07) is 4.04. The van der Waals surface area contributed by atoms with Crippen molar-refractivity contribution >= 4 is 55.8 Å². The molecule has 2 rings (SSSR count). The molecule has 0 atom stereocenters. The van der Waals surface area contributed by atoms with Crippen LogP contribution in [-0.4, -0.2) is 50.5 Å². The number of hydrogen-bond acceptors (Lipinski definition) is 10. The molecule has 1 heterocycles. The van der Waals surface area contributed by atoms with Gasteiger partial charge in [0.1, 0.15) is 5.75 Å². The van der Waals surface area contributed by atoms with Gasteiger partial charge in [-0.1, -0.05) is 23.1 Å². The van der Waals surface area contributed by atoms with Crippen LogP contribution in [0.1, 0.15) is 6.92 Å². The molecule has 27 heavy (non-hydrogen) atoms. The zero-order valence-electron chi connectivity index (χ0n) is 14.5. The fourth-order valence-electron chi connectivity index (χ4n) is 1.80. The van der Waals surface area contributed by atoms with Crippen molar-refractivity contribution in [1.29, 1.82) is 0 Å². The minimum absolute atomic E-state index is 0.0381. The first-order valence-electron chi connectivity index (χ1n) is 7.26. The van der Waals surface area contributed by atoms with Gasteiger partial charge in [-0.05, 0) is 18.2 Å². The lowest BCUT2D eigenvalue weighted by Crippen LogP contribution is -2.14. The Bertz CT molecular complexity index is 944. The van der Waals surface area contributed by atoms with E-state index in [4.69, 9.17) is 4.74 Å². The lowest BCUT2D eigenvalue weighted by atomic mass is 10.3. The summed E-state index contributed by atoms with van der Waals surface area (Å²) in [5.41, 5.74) is 0.222. The van der Waals surface area contributed by atoms with Gasteiger partial charge >= 0.3 is 5.97 Å². The second-order valence-electron chi connectivity index (χ2n) is 4.89. The molecule has 0 bridgehead atoms. The molecule has 0 aliphatic rings. The molecule has 0 aliphatic heterocycles. The van der Waals surface area contributed by atoms with Crippen molar-refractivity contribution in [3.8, 4) is 5.75 Å². The Morgan fingerprint density at radius 2 is 2.00 bits per heavy atom. The van der Waals surface area contributed by atoms with Crippen molar-refractivity contribution in [2.24, 2.45) is 0 Å². The van der Waals surface area contributed by atoms with Crippen LogP contribution in [0.2, 0.25) is 0 Å². The highest BCUT2D eigenvalue weighted by molar-refractivity contribution is 8.01. The topological polar surface area (TPSA) is 137 Å². The van der Waals surface area contributed by atoms with Crippen LogP contribution in [0.15, 0.2) is 27.4 Å². The number of anilines is 2. The van der Waals surface area contributed by atoms with E-state index in [1.54, 1.807) is 0 Å². The highest BCUT2D eigenvalue weighted by Gasteiger charge is 2.19. The number of methoxy groups -OCH3 is 2. The number of nitrogens with zero attached hydrogens (tertiary/aromatic N) is 2. The van der Waals surface area contributed by atoms with Gasteiger partial charge in [0.25, 0.3) is 10.0 Å². The number of sulfonamides is 1. The number of ether oxygens (including phenoxy) is 2. The Labute approximate surface area is 163 Å². The molecule has 146 valence electrons. The molecule has 1 amide bonds. The molecule has 0 saturated heterocycles. The Hall–Kier alpha value is -2.38. The van der Waals surface area contributed by atoms with Gasteiger partial charge in [0.05, 0.1) is 30.6 Å². The summed E-state index contributed by atoms with van der Waals surface area (Å²) >= 11 is 2.06. The van der Waals surface area contributed by atoms with E-state index >= 15 is 0 Å². The Balaban J connectivity index is 2.18.